The molecular formula is C24H30N2O5. The molecule has 2 heterocycles. The van der Waals surface area contributed by atoms with Gasteiger partial charge in [0.15, 0.2) is 6.10 Å². The average molecular weight is 427 g/mol. The highest BCUT2D eigenvalue weighted by atomic mass is 16.6. The predicted octanol–water partition coefficient (Wildman–Crippen LogP) is 4.20. The molecule has 0 bridgehead atoms. The van der Waals surface area contributed by atoms with E-state index in [1.165, 1.54) is 0 Å². The van der Waals surface area contributed by atoms with Crippen LogP contribution in [0.25, 0.3) is 0 Å². The summed E-state index contributed by atoms with van der Waals surface area (Å²) in [4.78, 5) is 12.4. The van der Waals surface area contributed by atoms with Gasteiger partial charge in [0.2, 0.25) is 0 Å². The Balaban J connectivity index is 1.24. The van der Waals surface area contributed by atoms with Crippen molar-refractivity contribution in [1.82, 2.24) is 5.32 Å². The minimum Gasteiger partial charge on any atom is -0.457 e. The third-order valence-corrected chi connectivity index (χ3v) is 5.47. The van der Waals surface area contributed by atoms with Gasteiger partial charge in [0.05, 0.1) is 19.3 Å². The molecule has 2 fully saturated rings. The summed E-state index contributed by atoms with van der Waals surface area (Å²) < 4.78 is 23.1. The molecule has 0 radical (unpaired) electrons. The lowest BCUT2D eigenvalue weighted by Gasteiger charge is -2.18. The Bertz CT molecular complexity index is 843. The molecule has 2 N–H and O–H groups in total. The van der Waals surface area contributed by atoms with Gasteiger partial charge in [0.1, 0.15) is 23.7 Å². The molecule has 4 rings (SSSR count). The number of benzene rings is 2. The molecule has 7 heteroatoms. The number of amides is 1. The molecule has 2 aromatic carbocycles. The summed E-state index contributed by atoms with van der Waals surface area (Å²) in [5, 5.41) is 6.26. The van der Waals surface area contributed by atoms with Gasteiger partial charge in [0, 0.05) is 5.69 Å². The zero-order chi connectivity index (χ0) is 21.6. The second kappa shape index (κ2) is 10.1. The smallest absolute Gasteiger partial charge is 0.412 e. The van der Waals surface area contributed by atoms with E-state index in [0.29, 0.717) is 30.6 Å². The second-order valence-electron chi connectivity index (χ2n) is 8.35. The van der Waals surface area contributed by atoms with Crippen molar-refractivity contribution in [2.24, 2.45) is 5.92 Å². The van der Waals surface area contributed by atoms with Gasteiger partial charge in [-0.1, -0.05) is 32.0 Å². The van der Waals surface area contributed by atoms with Crippen molar-refractivity contribution in [3.05, 3.63) is 54.6 Å². The fourth-order valence-corrected chi connectivity index (χ4v) is 3.81. The van der Waals surface area contributed by atoms with Crippen molar-refractivity contribution in [2.45, 2.75) is 44.6 Å². The summed E-state index contributed by atoms with van der Waals surface area (Å²) in [6, 6.07) is 16.8. The Kier molecular flexibility index (Phi) is 7.06. The molecule has 2 aromatic rings. The number of ether oxygens (including phenoxy) is 4. The fraction of sp³-hybridized carbons (Fsp3) is 0.458. The van der Waals surface area contributed by atoms with Crippen molar-refractivity contribution in [3.63, 3.8) is 0 Å². The van der Waals surface area contributed by atoms with E-state index in [9.17, 15) is 4.79 Å². The molecule has 0 aliphatic carbocycles. The van der Waals surface area contributed by atoms with Crippen LogP contribution in [0.4, 0.5) is 10.5 Å². The van der Waals surface area contributed by atoms with Gasteiger partial charge in [-0.3, -0.25) is 5.32 Å². The van der Waals surface area contributed by atoms with E-state index >= 15 is 0 Å². The number of carbonyl (C=O) groups excluding carboxylic acids is 1. The van der Waals surface area contributed by atoms with Gasteiger partial charge in [0.25, 0.3) is 0 Å². The normalized spacial score (nSPS) is 24.7. The first-order valence-corrected chi connectivity index (χ1v) is 10.9. The Morgan fingerprint density at radius 3 is 2.45 bits per heavy atom. The van der Waals surface area contributed by atoms with E-state index < -0.39 is 12.2 Å². The van der Waals surface area contributed by atoms with Gasteiger partial charge >= 0.3 is 6.09 Å². The van der Waals surface area contributed by atoms with Crippen LogP contribution in [0.1, 0.15) is 20.3 Å². The Labute approximate surface area is 183 Å². The zero-order valence-electron chi connectivity index (χ0n) is 18.0. The Hall–Kier alpha value is -2.61. The molecule has 166 valence electrons. The standard InChI is InChI=1S/C24H30N2O5/c1-16(2)12-13-25-20-14-28-23-21(15-29-22(20)23)31-24(27)26-17-8-10-19(11-9-17)30-18-6-4-3-5-7-18/h3-11,16,20-23,25H,12-15H2,1-2H3,(H,26,27). The van der Waals surface area contributed by atoms with Crippen LogP contribution in [0.15, 0.2) is 54.6 Å². The minimum absolute atomic E-state index is 0.0839. The van der Waals surface area contributed by atoms with E-state index in [2.05, 4.69) is 24.5 Å². The lowest BCUT2D eigenvalue weighted by molar-refractivity contribution is 0.00856. The number of fused-ring (bicyclic) bond motifs is 1. The highest BCUT2D eigenvalue weighted by Gasteiger charge is 2.49. The monoisotopic (exact) mass is 426 g/mol. The van der Waals surface area contributed by atoms with E-state index in [4.69, 9.17) is 18.9 Å². The average Bonchev–Trinajstić information content (AvgIpc) is 3.33. The summed E-state index contributed by atoms with van der Waals surface area (Å²) in [5.41, 5.74) is 0.626. The molecule has 1 amide bonds. The van der Waals surface area contributed by atoms with Crippen LogP contribution >= 0.6 is 0 Å². The Morgan fingerprint density at radius 2 is 1.71 bits per heavy atom. The summed E-state index contributed by atoms with van der Waals surface area (Å²) in [6.07, 6.45) is -0.150. The van der Waals surface area contributed by atoms with Crippen molar-refractivity contribution >= 4 is 11.8 Å². The topological polar surface area (TPSA) is 78.1 Å². The number of carbonyl (C=O) groups is 1. The summed E-state index contributed by atoms with van der Waals surface area (Å²) >= 11 is 0. The summed E-state index contributed by atoms with van der Waals surface area (Å²) in [6.45, 7) is 6.24. The largest absolute Gasteiger partial charge is 0.457 e. The van der Waals surface area contributed by atoms with Crippen molar-refractivity contribution in [1.29, 1.82) is 0 Å². The SMILES string of the molecule is CC(C)CCNC1COC2C(OC(=O)Nc3ccc(Oc4ccccc4)cc3)COC12. The van der Waals surface area contributed by atoms with Crippen LogP contribution in [-0.4, -0.2) is 50.2 Å². The van der Waals surface area contributed by atoms with Crippen LogP contribution in [0.5, 0.6) is 11.5 Å². The van der Waals surface area contributed by atoms with Crippen LogP contribution in [0.2, 0.25) is 0 Å². The summed E-state index contributed by atoms with van der Waals surface area (Å²) in [5.74, 6) is 2.09. The third kappa shape index (κ3) is 5.76. The quantitative estimate of drug-likeness (QED) is 0.659. The number of rotatable bonds is 8. The van der Waals surface area contributed by atoms with Crippen LogP contribution in [0, 0.1) is 5.92 Å². The van der Waals surface area contributed by atoms with Crippen LogP contribution in [-0.2, 0) is 14.2 Å². The van der Waals surface area contributed by atoms with Crippen LogP contribution < -0.4 is 15.4 Å². The van der Waals surface area contributed by atoms with E-state index in [0.717, 1.165) is 18.7 Å². The van der Waals surface area contributed by atoms with Gasteiger partial charge in [-0.25, -0.2) is 4.79 Å². The van der Waals surface area contributed by atoms with Gasteiger partial charge in [-0.05, 0) is 55.3 Å². The molecule has 4 atom stereocenters. The summed E-state index contributed by atoms with van der Waals surface area (Å²) in [7, 11) is 0. The highest BCUT2D eigenvalue weighted by Crippen LogP contribution is 2.29. The van der Waals surface area contributed by atoms with Crippen LogP contribution in [0.3, 0.4) is 0 Å². The first-order chi connectivity index (χ1) is 15.1. The van der Waals surface area contributed by atoms with Crippen molar-refractivity contribution in [3.8, 4) is 11.5 Å². The second-order valence-corrected chi connectivity index (χ2v) is 8.35. The van der Waals surface area contributed by atoms with Gasteiger partial charge in [-0.2, -0.15) is 0 Å². The first-order valence-electron chi connectivity index (χ1n) is 10.9. The molecule has 2 aliphatic heterocycles. The van der Waals surface area contributed by atoms with E-state index in [1.54, 1.807) is 24.3 Å². The van der Waals surface area contributed by atoms with Crippen molar-refractivity contribution < 1.29 is 23.7 Å². The van der Waals surface area contributed by atoms with E-state index in [-0.39, 0.29) is 18.2 Å². The molecule has 0 aromatic heterocycles. The molecule has 7 nitrogen and oxygen atoms in total. The Morgan fingerprint density at radius 1 is 1.00 bits per heavy atom. The third-order valence-electron chi connectivity index (χ3n) is 5.47. The maximum absolute atomic E-state index is 12.4. The number of anilines is 1. The fourth-order valence-electron chi connectivity index (χ4n) is 3.81. The number of hydrogen-bond acceptors (Lipinski definition) is 6. The lowest BCUT2D eigenvalue weighted by Crippen LogP contribution is -2.42. The molecule has 4 unspecified atom stereocenters. The van der Waals surface area contributed by atoms with Crippen molar-refractivity contribution in [2.75, 3.05) is 25.1 Å². The molecule has 0 spiro atoms. The number of para-hydroxylation sites is 1. The lowest BCUT2D eigenvalue weighted by atomic mass is 10.1. The molecular weight excluding hydrogens is 396 g/mol. The van der Waals surface area contributed by atoms with E-state index in [1.807, 2.05) is 30.3 Å². The minimum atomic E-state index is -0.522. The maximum atomic E-state index is 12.4. The molecule has 2 saturated heterocycles. The highest BCUT2D eigenvalue weighted by molar-refractivity contribution is 5.84. The van der Waals surface area contributed by atoms with Gasteiger partial charge in [-0.15, -0.1) is 0 Å². The first kappa shape index (κ1) is 21.6. The molecule has 31 heavy (non-hydrogen) atoms. The number of nitrogens with one attached hydrogen (secondary N) is 2. The zero-order valence-corrected chi connectivity index (χ0v) is 18.0. The number of hydrogen-bond donors (Lipinski definition) is 2. The molecule has 0 saturated carbocycles. The maximum Gasteiger partial charge on any atom is 0.412 e. The van der Waals surface area contributed by atoms with Gasteiger partial charge < -0.3 is 24.3 Å². The predicted molar refractivity (Wildman–Crippen MR) is 118 cm³/mol. The molecule has 2 aliphatic rings.